The molecule has 0 saturated carbocycles. The summed E-state index contributed by atoms with van der Waals surface area (Å²) in [6.45, 7) is 3.45. The van der Waals surface area contributed by atoms with Crippen LogP contribution in [0.4, 0.5) is 13.2 Å². The normalized spacial score (nSPS) is 18.7. The molecule has 5 rings (SSSR count). The Morgan fingerprint density at radius 3 is 2.61 bits per heavy atom. The highest BCUT2D eigenvalue weighted by Gasteiger charge is 2.34. The standard InChI is InChI=1S/C27H23BrF3NO3S/c1-13-8-16(27(29,30)31)9-14(2)23(13)19-5-3-4-18-17(19)6-7-21(18)35-26-24(28)25-20(11-32-26)15(12-36-25)10-22(33)34/h3-5,8-9,11,15,21H,6-7,10,12H2,1-2H3,(H,33,34)/t15-,21?/m1/s1. The van der Waals surface area contributed by atoms with E-state index in [1.807, 2.05) is 18.2 Å². The number of carboxylic acids is 1. The fourth-order valence-corrected chi connectivity index (χ4v) is 7.33. The van der Waals surface area contributed by atoms with E-state index in [1.165, 1.54) is 12.1 Å². The molecule has 2 atom stereocenters. The van der Waals surface area contributed by atoms with E-state index in [2.05, 4.69) is 20.9 Å². The van der Waals surface area contributed by atoms with Crippen LogP contribution in [-0.4, -0.2) is 21.8 Å². The van der Waals surface area contributed by atoms with Gasteiger partial charge in [-0.05, 0) is 93.7 Å². The van der Waals surface area contributed by atoms with Crippen LogP contribution in [0.2, 0.25) is 0 Å². The molecular formula is C27H23BrF3NO3S. The maximum Gasteiger partial charge on any atom is 0.416 e. The van der Waals surface area contributed by atoms with Crippen molar-refractivity contribution in [3.05, 3.63) is 74.4 Å². The van der Waals surface area contributed by atoms with E-state index >= 15 is 0 Å². The van der Waals surface area contributed by atoms with Gasteiger partial charge in [0.25, 0.3) is 0 Å². The summed E-state index contributed by atoms with van der Waals surface area (Å²) < 4.78 is 47.0. The lowest BCUT2D eigenvalue weighted by Gasteiger charge is -2.19. The lowest BCUT2D eigenvalue weighted by molar-refractivity contribution is -0.138. The molecule has 1 aliphatic heterocycles. The third kappa shape index (κ3) is 4.52. The number of fused-ring (bicyclic) bond motifs is 2. The highest BCUT2D eigenvalue weighted by molar-refractivity contribution is 9.10. The Morgan fingerprint density at radius 2 is 1.94 bits per heavy atom. The third-order valence-electron chi connectivity index (χ3n) is 6.86. The Kier molecular flexibility index (Phi) is 6.57. The van der Waals surface area contributed by atoms with Gasteiger partial charge in [0.05, 0.1) is 16.5 Å². The molecule has 1 aliphatic carbocycles. The number of ether oxygens (including phenoxy) is 1. The summed E-state index contributed by atoms with van der Waals surface area (Å²) in [4.78, 5) is 16.7. The second kappa shape index (κ2) is 9.41. The number of pyridine rings is 1. The number of halogens is 4. The monoisotopic (exact) mass is 577 g/mol. The minimum Gasteiger partial charge on any atom is -0.481 e. The molecule has 9 heteroatoms. The molecule has 4 nitrogen and oxygen atoms in total. The highest BCUT2D eigenvalue weighted by Crippen LogP contribution is 2.49. The minimum atomic E-state index is -4.38. The van der Waals surface area contributed by atoms with Gasteiger partial charge in [-0.2, -0.15) is 13.2 Å². The number of benzene rings is 2. The maximum atomic E-state index is 13.3. The number of rotatable bonds is 5. The molecule has 1 unspecified atom stereocenters. The molecule has 3 aromatic rings. The Bertz CT molecular complexity index is 1350. The van der Waals surface area contributed by atoms with E-state index < -0.39 is 17.7 Å². The number of nitrogens with zero attached hydrogens (tertiary/aromatic N) is 1. The zero-order valence-corrected chi connectivity index (χ0v) is 22.0. The van der Waals surface area contributed by atoms with Crippen molar-refractivity contribution in [2.75, 3.05) is 5.75 Å². The highest BCUT2D eigenvalue weighted by atomic mass is 79.9. The topological polar surface area (TPSA) is 59.4 Å². The minimum absolute atomic E-state index is 0.0654. The van der Waals surface area contributed by atoms with Gasteiger partial charge in [0.2, 0.25) is 5.88 Å². The van der Waals surface area contributed by atoms with E-state index in [0.29, 0.717) is 22.8 Å². The fraction of sp³-hybridized carbons (Fsp3) is 0.333. The number of aliphatic carboxylic acids is 1. The number of alkyl halides is 3. The number of hydrogen-bond donors (Lipinski definition) is 1. The van der Waals surface area contributed by atoms with E-state index in [1.54, 1.807) is 31.8 Å². The van der Waals surface area contributed by atoms with E-state index in [4.69, 9.17) is 4.74 Å². The summed E-state index contributed by atoms with van der Waals surface area (Å²) in [7, 11) is 0. The molecule has 1 N–H and O–H groups in total. The Balaban J connectivity index is 1.45. The van der Waals surface area contributed by atoms with Gasteiger partial charge in [-0.25, -0.2) is 4.98 Å². The smallest absolute Gasteiger partial charge is 0.416 e. The lowest BCUT2D eigenvalue weighted by Crippen LogP contribution is -2.08. The Hall–Kier alpha value is -2.52. The van der Waals surface area contributed by atoms with Gasteiger partial charge in [-0.15, -0.1) is 11.8 Å². The van der Waals surface area contributed by atoms with Gasteiger partial charge in [0.15, 0.2) is 0 Å². The number of thioether (sulfide) groups is 1. The zero-order valence-electron chi connectivity index (χ0n) is 19.6. The van der Waals surface area contributed by atoms with Crippen molar-refractivity contribution in [1.29, 1.82) is 0 Å². The van der Waals surface area contributed by atoms with Crippen LogP contribution in [-0.2, 0) is 17.4 Å². The molecule has 0 radical (unpaired) electrons. The number of carboxylic acid groups (broad SMARTS) is 1. The van der Waals surface area contributed by atoms with Crippen molar-refractivity contribution >= 4 is 33.7 Å². The molecule has 2 heterocycles. The summed E-state index contributed by atoms with van der Waals surface area (Å²) in [5.41, 5.74) is 5.34. The number of hydrogen-bond acceptors (Lipinski definition) is 4. The lowest BCUT2D eigenvalue weighted by atomic mass is 9.89. The van der Waals surface area contributed by atoms with Gasteiger partial charge >= 0.3 is 12.1 Å². The van der Waals surface area contributed by atoms with Gasteiger partial charge in [0.1, 0.15) is 6.10 Å². The van der Waals surface area contributed by atoms with E-state index in [0.717, 1.165) is 50.0 Å². The van der Waals surface area contributed by atoms with Crippen LogP contribution in [0.25, 0.3) is 11.1 Å². The molecule has 1 aromatic heterocycles. The van der Waals surface area contributed by atoms with E-state index in [-0.39, 0.29) is 18.4 Å². The largest absolute Gasteiger partial charge is 0.481 e. The average molecular weight is 578 g/mol. The van der Waals surface area contributed by atoms with Crippen molar-refractivity contribution in [3.8, 4) is 17.0 Å². The van der Waals surface area contributed by atoms with Crippen molar-refractivity contribution < 1.29 is 27.8 Å². The Morgan fingerprint density at radius 1 is 1.22 bits per heavy atom. The second-order valence-electron chi connectivity index (χ2n) is 9.27. The summed E-state index contributed by atoms with van der Waals surface area (Å²) >= 11 is 5.22. The predicted octanol–water partition coefficient (Wildman–Crippen LogP) is 7.88. The summed E-state index contributed by atoms with van der Waals surface area (Å²) in [6, 6.07) is 8.32. The molecule has 36 heavy (non-hydrogen) atoms. The van der Waals surface area contributed by atoms with Gasteiger partial charge in [0, 0.05) is 22.8 Å². The first kappa shape index (κ1) is 25.1. The number of aryl methyl sites for hydroxylation is 2. The fourth-order valence-electron chi connectivity index (χ4n) is 5.30. The van der Waals surface area contributed by atoms with Crippen LogP contribution >= 0.6 is 27.7 Å². The van der Waals surface area contributed by atoms with Crippen LogP contribution in [0.1, 0.15) is 58.2 Å². The maximum absolute atomic E-state index is 13.3. The molecule has 0 saturated heterocycles. The third-order valence-corrected chi connectivity index (χ3v) is 9.15. The quantitative estimate of drug-likeness (QED) is 0.334. The molecule has 0 amide bonds. The molecule has 0 spiro atoms. The molecule has 0 fully saturated rings. The van der Waals surface area contributed by atoms with Gasteiger partial charge in [-0.1, -0.05) is 18.2 Å². The predicted molar refractivity (Wildman–Crippen MR) is 136 cm³/mol. The van der Waals surface area contributed by atoms with E-state index in [9.17, 15) is 23.1 Å². The van der Waals surface area contributed by atoms with Crippen molar-refractivity contribution in [3.63, 3.8) is 0 Å². The molecule has 2 aromatic carbocycles. The van der Waals surface area contributed by atoms with Gasteiger partial charge in [-0.3, -0.25) is 4.79 Å². The van der Waals surface area contributed by atoms with Crippen LogP contribution < -0.4 is 4.74 Å². The van der Waals surface area contributed by atoms with Crippen LogP contribution in [0.15, 0.2) is 45.9 Å². The summed E-state index contributed by atoms with van der Waals surface area (Å²) in [5.74, 6) is 0.238. The Labute approximate surface area is 219 Å². The van der Waals surface area contributed by atoms with Crippen molar-refractivity contribution in [1.82, 2.24) is 4.98 Å². The second-order valence-corrected chi connectivity index (χ2v) is 11.1. The summed E-state index contributed by atoms with van der Waals surface area (Å²) in [6.07, 6.45) is -1.37. The molecule has 188 valence electrons. The van der Waals surface area contributed by atoms with Gasteiger partial charge < -0.3 is 9.84 Å². The number of aromatic nitrogens is 1. The zero-order chi connectivity index (χ0) is 25.8. The van der Waals surface area contributed by atoms with Crippen molar-refractivity contribution in [2.24, 2.45) is 0 Å². The molecular weight excluding hydrogens is 555 g/mol. The van der Waals surface area contributed by atoms with Crippen LogP contribution in [0.5, 0.6) is 5.88 Å². The first-order valence-electron chi connectivity index (χ1n) is 11.5. The first-order valence-corrected chi connectivity index (χ1v) is 13.3. The SMILES string of the molecule is Cc1cc(C(F)(F)F)cc(C)c1-c1cccc2c1CCC2Oc1ncc2c(c1Br)SC[C@H]2CC(=O)O. The average Bonchev–Trinajstić information content (AvgIpc) is 3.39. The molecule has 0 bridgehead atoms. The van der Waals surface area contributed by atoms with Crippen molar-refractivity contribution in [2.45, 2.75) is 56.2 Å². The number of carbonyl (C=O) groups is 1. The van der Waals surface area contributed by atoms with Crippen LogP contribution in [0.3, 0.4) is 0 Å². The van der Waals surface area contributed by atoms with Crippen LogP contribution in [0, 0.1) is 13.8 Å². The first-order chi connectivity index (χ1) is 17.0. The summed E-state index contributed by atoms with van der Waals surface area (Å²) in [5, 5.41) is 9.18. The molecule has 2 aliphatic rings.